The fourth-order valence-electron chi connectivity index (χ4n) is 1.81. The molecular formula is C15H15ClN2O. The highest BCUT2D eigenvalue weighted by Gasteiger charge is 2.13. The topological polar surface area (TPSA) is 46.3 Å². The van der Waals surface area contributed by atoms with Crippen LogP contribution in [0, 0.1) is 0 Å². The lowest BCUT2D eigenvalue weighted by Crippen LogP contribution is -2.26. The minimum absolute atomic E-state index is 0.0780. The minimum atomic E-state index is -0.0780. The first-order chi connectivity index (χ1) is 9.08. The van der Waals surface area contributed by atoms with Gasteiger partial charge in [0.2, 0.25) is 0 Å². The quantitative estimate of drug-likeness (QED) is 0.874. The van der Waals surface area contributed by atoms with Crippen molar-refractivity contribution in [1.29, 1.82) is 0 Å². The number of nitrogen functional groups attached to an aromatic ring is 1. The number of halogens is 1. The smallest absolute Gasteiger partial charge is 0.253 e. The minimum Gasteiger partial charge on any atom is -0.398 e. The number of nitrogens with zero attached hydrogens (tertiary/aromatic N) is 1. The standard InChI is InChI=1S/C15H15ClN2O/c1-18(10-11-5-3-2-4-6-11)15(19)12-7-8-14(17)13(16)9-12/h2-9H,10,17H2,1H3. The lowest BCUT2D eigenvalue weighted by molar-refractivity contribution is 0.0785. The van der Waals surface area contributed by atoms with E-state index in [0.717, 1.165) is 5.56 Å². The Bertz CT molecular complexity index is 584. The number of carbonyl (C=O) groups excluding carboxylic acids is 1. The summed E-state index contributed by atoms with van der Waals surface area (Å²) in [4.78, 5) is 13.9. The number of benzene rings is 2. The first-order valence-corrected chi connectivity index (χ1v) is 6.30. The van der Waals surface area contributed by atoms with Gasteiger partial charge in [-0.3, -0.25) is 4.79 Å². The zero-order valence-corrected chi connectivity index (χ0v) is 11.4. The Morgan fingerprint density at radius 2 is 1.89 bits per heavy atom. The Kier molecular flexibility index (Phi) is 4.07. The highest BCUT2D eigenvalue weighted by atomic mass is 35.5. The molecule has 1 amide bonds. The molecule has 2 rings (SSSR count). The van der Waals surface area contributed by atoms with E-state index < -0.39 is 0 Å². The maximum atomic E-state index is 12.2. The maximum Gasteiger partial charge on any atom is 0.253 e. The van der Waals surface area contributed by atoms with Crippen LogP contribution in [0.2, 0.25) is 5.02 Å². The molecule has 0 spiro atoms. The second-order valence-electron chi connectivity index (χ2n) is 4.38. The monoisotopic (exact) mass is 274 g/mol. The van der Waals surface area contributed by atoms with Crippen LogP contribution in [0.15, 0.2) is 48.5 Å². The molecule has 0 aromatic heterocycles. The number of carbonyl (C=O) groups is 1. The summed E-state index contributed by atoms with van der Waals surface area (Å²) >= 11 is 5.93. The number of hydrogen-bond donors (Lipinski definition) is 1. The molecule has 98 valence electrons. The van der Waals surface area contributed by atoms with Crippen LogP contribution >= 0.6 is 11.6 Å². The van der Waals surface area contributed by atoms with Crippen molar-refractivity contribution in [1.82, 2.24) is 4.90 Å². The van der Waals surface area contributed by atoms with Crippen LogP contribution in [-0.4, -0.2) is 17.9 Å². The van der Waals surface area contributed by atoms with Crippen molar-refractivity contribution in [3.63, 3.8) is 0 Å². The van der Waals surface area contributed by atoms with E-state index >= 15 is 0 Å². The van der Waals surface area contributed by atoms with Gasteiger partial charge in [0, 0.05) is 19.2 Å². The lowest BCUT2D eigenvalue weighted by Gasteiger charge is -2.17. The molecule has 0 atom stereocenters. The number of amides is 1. The average Bonchev–Trinajstić information content (AvgIpc) is 2.42. The van der Waals surface area contributed by atoms with Crippen LogP contribution in [0.5, 0.6) is 0 Å². The summed E-state index contributed by atoms with van der Waals surface area (Å²) < 4.78 is 0. The molecule has 2 aromatic rings. The Hall–Kier alpha value is -2.00. The fraction of sp³-hybridized carbons (Fsp3) is 0.133. The van der Waals surface area contributed by atoms with Crippen molar-refractivity contribution in [2.24, 2.45) is 0 Å². The van der Waals surface area contributed by atoms with Gasteiger partial charge in [-0.1, -0.05) is 41.9 Å². The lowest BCUT2D eigenvalue weighted by atomic mass is 10.1. The highest BCUT2D eigenvalue weighted by Crippen LogP contribution is 2.20. The number of anilines is 1. The predicted molar refractivity (Wildman–Crippen MR) is 78.1 cm³/mol. The van der Waals surface area contributed by atoms with Gasteiger partial charge in [-0.15, -0.1) is 0 Å². The van der Waals surface area contributed by atoms with Crippen molar-refractivity contribution in [2.45, 2.75) is 6.54 Å². The normalized spacial score (nSPS) is 10.2. The predicted octanol–water partition coefficient (Wildman–Crippen LogP) is 3.19. The van der Waals surface area contributed by atoms with Crippen LogP contribution in [0.1, 0.15) is 15.9 Å². The molecule has 0 radical (unpaired) electrons. The molecule has 4 heteroatoms. The van der Waals surface area contributed by atoms with Crippen LogP contribution in [-0.2, 0) is 6.54 Å². The van der Waals surface area contributed by atoms with E-state index in [2.05, 4.69) is 0 Å². The number of hydrogen-bond acceptors (Lipinski definition) is 2. The molecule has 2 N–H and O–H groups in total. The Labute approximate surface area is 117 Å². The van der Waals surface area contributed by atoms with Gasteiger partial charge in [0.15, 0.2) is 0 Å². The van der Waals surface area contributed by atoms with Crippen molar-refractivity contribution in [3.05, 3.63) is 64.7 Å². The van der Waals surface area contributed by atoms with E-state index in [0.29, 0.717) is 22.8 Å². The molecule has 3 nitrogen and oxygen atoms in total. The Morgan fingerprint density at radius 1 is 1.21 bits per heavy atom. The molecule has 2 aromatic carbocycles. The van der Waals surface area contributed by atoms with Gasteiger partial charge >= 0.3 is 0 Å². The van der Waals surface area contributed by atoms with Crippen molar-refractivity contribution in [3.8, 4) is 0 Å². The molecule has 0 saturated heterocycles. The van der Waals surface area contributed by atoms with Crippen LogP contribution < -0.4 is 5.73 Å². The number of rotatable bonds is 3. The van der Waals surface area contributed by atoms with Gasteiger partial charge in [-0.2, -0.15) is 0 Å². The molecule has 0 bridgehead atoms. The molecule has 19 heavy (non-hydrogen) atoms. The molecule has 0 heterocycles. The van der Waals surface area contributed by atoms with Crippen molar-refractivity contribution < 1.29 is 4.79 Å². The Balaban J connectivity index is 2.12. The van der Waals surface area contributed by atoms with E-state index in [1.807, 2.05) is 30.3 Å². The summed E-state index contributed by atoms with van der Waals surface area (Å²) in [5.41, 5.74) is 7.73. The molecule has 0 fully saturated rings. The van der Waals surface area contributed by atoms with Gasteiger partial charge in [0.05, 0.1) is 10.7 Å². The largest absolute Gasteiger partial charge is 0.398 e. The maximum absolute atomic E-state index is 12.2. The van der Waals surface area contributed by atoms with Crippen LogP contribution in [0.4, 0.5) is 5.69 Å². The second-order valence-corrected chi connectivity index (χ2v) is 4.79. The van der Waals surface area contributed by atoms with E-state index in [1.54, 1.807) is 30.1 Å². The fourth-order valence-corrected chi connectivity index (χ4v) is 1.99. The summed E-state index contributed by atoms with van der Waals surface area (Å²) in [5.74, 6) is -0.0780. The summed E-state index contributed by atoms with van der Waals surface area (Å²) in [6, 6.07) is 14.8. The van der Waals surface area contributed by atoms with Gasteiger partial charge in [0.1, 0.15) is 0 Å². The zero-order valence-electron chi connectivity index (χ0n) is 10.6. The third-order valence-corrected chi connectivity index (χ3v) is 3.18. The summed E-state index contributed by atoms with van der Waals surface area (Å²) in [6.07, 6.45) is 0. The van der Waals surface area contributed by atoms with Gasteiger partial charge in [-0.25, -0.2) is 0 Å². The molecular weight excluding hydrogens is 260 g/mol. The van der Waals surface area contributed by atoms with E-state index in [-0.39, 0.29) is 5.91 Å². The van der Waals surface area contributed by atoms with E-state index in [1.165, 1.54) is 0 Å². The highest BCUT2D eigenvalue weighted by molar-refractivity contribution is 6.33. The van der Waals surface area contributed by atoms with Crippen LogP contribution in [0.25, 0.3) is 0 Å². The van der Waals surface area contributed by atoms with E-state index in [4.69, 9.17) is 17.3 Å². The molecule has 0 aliphatic carbocycles. The Morgan fingerprint density at radius 3 is 2.53 bits per heavy atom. The molecule has 0 saturated carbocycles. The summed E-state index contributed by atoms with van der Waals surface area (Å²) in [6.45, 7) is 0.557. The molecule has 0 unspecified atom stereocenters. The number of nitrogens with two attached hydrogens (primary N) is 1. The van der Waals surface area contributed by atoms with Gasteiger partial charge in [-0.05, 0) is 23.8 Å². The average molecular weight is 275 g/mol. The van der Waals surface area contributed by atoms with Gasteiger partial charge < -0.3 is 10.6 Å². The third kappa shape index (κ3) is 3.26. The van der Waals surface area contributed by atoms with Crippen molar-refractivity contribution in [2.75, 3.05) is 12.8 Å². The summed E-state index contributed by atoms with van der Waals surface area (Å²) in [7, 11) is 1.76. The van der Waals surface area contributed by atoms with E-state index in [9.17, 15) is 4.79 Å². The SMILES string of the molecule is CN(Cc1ccccc1)C(=O)c1ccc(N)c(Cl)c1. The van der Waals surface area contributed by atoms with Crippen LogP contribution in [0.3, 0.4) is 0 Å². The third-order valence-electron chi connectivity index (χ3n) is 2.86. The van der Waals surface area contributed by atoms with Gasteiger partial charge in [0.25, 0.3) is 5.91 Å². The van der Waals surface area contributed by atoms with Crippen molar-refractivity contribution >= 4 is 23.2 Å². The summed E-state index contributed by atoms with van der Waals surface area (Å²) in [5, 5.41) is 0.402. The molecule has 0 aliphatic heterocycles. The molecule has 0 aliphatic rings. The first-order valence-electron chi connectivity index (χ1n) is 5.92. The second kappa shape index (κ2) is 5.76. The zero-order chi connectivity index (χ0) is 13.8. The first kappa shape index (κ1) is 13.4.